The SMILES string of the molecule is CC1(C)Cc2cccc(Oc3cccc(Cl)c3N)c2O1. The van der Waals surface area contributed by atoms with E-state index in [1.54, 1.807) is 12.1 Å². The van der Waals surface area contributed by atoms with Gasteiger partial charge in [-0.15, -0.1) is 0 Å². The zero-order chi connectivity index (χ0) is 14.3. The molecular weight excluding hydrogens is 274 g/mol. The number of fused-ring (bicyclic) bond motifs is 1. The third-order valence-electron chi connectivity index (χ3n) is 3.29. The highest BCUT2D eigenvalue weighted by molar-refractivity contribution is 6.33. The molecule has 2 aromatic rings. The molecule has 0 fully saturated rings. The number of hydrogen-bond donors (Lipinski definition) is 1. The van der Waals surface area contributed by atoms with E-state index in [4.69, 9.17) is 26.8 Å². The summed E-state index contributed by atoms with van der Waals surface area (Å²) in [6.07, 6.45) is 0.866. The molecule has 0 aromatic heterocycles. The average Bonchev–Trinajstić information content (AvgIpc) is 2.70. The highest BCUT2D eigenvalue weighted by atomic mass is 35.5. The van der Waals surface area contributed by atoms with Crippen molar-refractivity contribution in [3.8, 4) is 17.2 Å². The van der Waals surface area contributed by atoms with Crippen molar-refractivity contribution < 1.29 is 9.47 Å². The molecule has 0 amide bonds. The molecule has 3 nitrogen and oxygen atoms in total. The van der Waals surface area contributed by atoms with E-state index in [0.717, 1.165) is 17.7 Å². The molecule has 20 heavy (non-hydrogen) atoms. The van der Waals surface area contributed by atoms with Crippen LogP contribution in [0.1, 0.15) is 19.4 Å². The molecule has 1 aliphatic rings. The van der Waals surface area contributed by atoms with Crippen LogP contribution in [0.25, 0.3) is 0 Å². The Morgan fingerprint density at radius 1 is 1.15 bits per heavy atom. The van der Waals surface area contributed by atoms with E-state index in [1.807, 2.05) is 18.2 Å². The van der Waals surface area contributed by atoms with Gasteiger partial charge in [-0.05, 0) is 32.0 Å². The average molecular weight is 290 g/mol. The summed E-state index contributed by atoms with van der Waals surface area (Å²) in [6.45, 7) is 4.12. The summed E-state index contributed by atoms with van der Waals surface area (Å²) in [5, 5.41) is 0.483. The maximum atomic E-state index is 6.01. The Bertz CT molecular complexity index is 668. The van der Waals surface area contributed by atoms with E-state index >= 15 is 0 Å². The normalized spacial score (nSPS) is 15.6. The number of anilines is 1. The lowest BCUT2D eigenvalue weighted by Gasteiger charge is -2.18. The molecule has 1 heterocycles. The second kappa shape index (κ2) is 4.60. The van der Waals surface area contributed by atoms with Crippen molar-refractivity contribution in [3.63, 3.8) is 0 Å². The number of benzene rings is 2. The second-order valence-corrected chi connectivity index (χ2v) is 5.94. The molecule has 3 rings (SSSR count). The highest BCUT2D eigenvalue weighted by Crippen LogP contribution is 2.44. The summed E-state index contributed by atoms with van der Waals surface area (Å²) in [7, 11) is 0. The topological polar surface area (TPSA) is 44.5 Å². The van der Waals surface area contributed by atoms with Crippen LogP contribution in [0.15, 0.2) is 36.4 Å². The van der Waals surface area contributed by atoms with Crippen molar-refractivity contribution in [3.05, 3.63) is 47.0 Å². The van der Waals surface area contributed by atoms with E-state index in [0.29, 0.717) is 22.2 Å². The maximum absolute atomic E-state index is 6.01. The summed E-state index contributed by atoms with van der Waals surface area (Å²) >= 11 is 6.01. The first kappa shape index (κ1) is 13.1. The lowest BCUT2D eigenvalue weighted by molar-refractivity contribution is 0.135. The number of nitrogen functional groups attached to an aromatic ring is 1. The third-order valence-corrected chi connectivity index (χ3v) is 3.62. The van der Waals surface area contributed by atoms with Gasteiger partial charge in [-0.1, -0.05) is 29.8 Å². The standard InChI is InChI=1S/C16H16ClNO2/c1-16(2)9-10-5-3-8-13(15(10)20-16)19-12-7-4-6-11(17)14(12)18/h3-8H,9,18H2,1-2H3. The molecule has 0 bridgehead atoms. The Morgan fingerprint density at radius 2 is 1.85 bits per heavy atom. The fourth-order valence-corrected chi connectivity index (χ4v) is 2.56. The van der Waals surface area contributed by atoms with Crippen LogP contribution in [0.5, 0.6) is 17.2 Å². The van der Waals surface area contributed by atoms with Gasteiger partial charge in [0.2, 0.25) is 0 Å². The molecule has 0 saturated heterocycles. The number of nitrogens with two attached hydrogens (primary N) is 1. The van der Waals surface area contributed by atoms with Crippen LogP contribution in [-0.4, -0.2) is 5.60 Å². The molecule has 2 aromatic carbocycles. The lowest BCUT2D eigenvalue weighted by Crippen LogP contribution is -2.24. The molecule has 1 aliphatic heterocycles. The van der Waals surface area contributed by atoms with Crippen molar-refractivity contribution in [2.75, 3.05) is 5.73 Å². The minimum absolute atomic E-state index is 0.207. The van der Waals surface area contributed by atoms with Gasteiger partial charge in [0.05, 0.1) is 10.7 Å². The molecule has 0 atom stereocenters. The molecule has 0 radical (unpaired) electrons. The van der Waals surface area contributed by atoms with E-state index < -0.39 is 0 Å². The van der Waals surface area contributed by atoms with Gasteiger partial charge in [0, 0.05) is 12.0 Å². The van der Waals surface area contributed by atoms with Gasteiger partial charge in [-0.2, -0.15) is 0 Å². The zero-order valence-electron chi connectivity index (χ0n) is 11.4. The first-order chi connectivity index (χ1) is 9.46. The zero-order valence-corrected chi connectivity index (χ0v) is 12.2. The number of hydrogen-bond acceptors (Lipinski definition) is 3. The highest BCUT2D eigenvalue weighted by Gasteiger charge is 2.32. The van der Waals surface area contributed by atoms with Crippen LogP contribution in [0.4, 0.5) is 5.69 Å². The summed E-state index contributed by atoms with van der Waals surface area (Å²) in [5.74, 6) is 2.00. The van der Waals surface area contributed by atoms with Gasteiger partial charge in [0.1, 0.15) is 5.60 Å². The summed E-state index contributed by atoms with van der Waals surface area (Å²) in [6, 6.07) is 11.2. The predicted molar refractivity (Wildman–Crippen MR) is 80.8 cm³/mol. The van der Waals surface area contributed by atoms with Gasteiger partial charge in [0.25, 0.3) is 0 Å². The molecule has 0 saturated carbocycles. The molecule has 0 spiro atoms. The first-order valence-electron chi connectivity index (χ1n) is 6.49. The molecule has 0 aliphatic carbocycles. The fraction of sp³-hybridized carbons (Fsp3) is 0.250. The van der Waals surface area contributed by atoms with Gasteiger partial charge in [-0.25, -0.2) is 0 Å². The Kier molecular flexibility index (Phi) is 3.02. The van der Waals surface area contributed by atoms with Gasteiger partial charge in [0.15, 0.2) is 17.2 Å². The molecular formula is C16H16ClNO2. The monoisotopic (exact) mass is 289 g/mol. The maximum Gasteiger partial charge on any atom is 0.169 e. The van der Waals surface area contributed by atoms with Crippen molar-refractivity contribution >= 4 is 17.3 Å². The van der Waals surface area contributed by atoms with Gasteiger partial charge >= 0.3 is 0 Å². The number of para-hydroxylation sites is 2. The minimum atomic E-state index is -0.207. The van der Waals surface area contributed by atoms with Crippen LogP contribution in [0.3, 0.4) is 0 Å². The van der Waals surface area contributed by atoms with Gasteiger partial charge in [-0.3, -0.25) is 0 Å². The van der Waals surface area contributed by atoms with Crippen molar-refractivity contribution in [1.29, 1.82) is 0 Å². The molecule has 0 unspecified atom stereocenters. The smallest absolute Gasteiger partial charge is 0.169 e. The lowest BCUT2D eigenvalue weighted by atomic mass is 10.0. The first-order valence-corrected chi connectivity index (χ1v) is 6.87. The van der Waals surface area contributed by atoms with Gasteiger partial charge < -0.3 is 15.2 Å². The molecule has 2 N–H and O–H groups in total. The van der Waals surface area contributed by atoms with Crippen molar-refractivity contribution in [2.24, 2.45) is 0 Å². The van der Waals surface area contributed by atoms with Crippen LogP contribution in [-0.2, 0) is 6.42 Å². The van der Waals surface area contributed by atoms with E-state index in [1.165, 1.54) is 0 Å². The van der Waals surface area contributed by atoms with Crippen LogP contribution >= 0.6 is 11.6 Å². The minimum Gasteiger partial charge on any atom is -0.483 e. The fourth-order valence-electron chi connectivity index (χ4n) is 2.39. The number of halogens is 1. The third kappa shape index (κ3) is 2.29. The van der Waals surface area contributed by atoms with E-state index in [2.05, 4.69) is 19.9 Å². The van der Waals surface area contributed by atoms with Crippen molar-refractivity contribution in [1.82, 2.24) is 0 Å². The largest absolute Gasteiger partial charge is 0.483 e. The summed E-state index contributed by atoms with van der Waals surface area (Å²) < 4.78 is 11.9. The Morgan fingerprint density at radius 3 is 2.65 bits per heavy atom. The van der Waals surface area contributed by atoms with Crippen molar-refractivity contribution in [2.45, 2.75) is 25.9 Å². The van der Waals surface area contributed by atoms with Crippen LogP contribution < -0.4 is 15.2 Å². The Hall–Kier alpha value is -1.87. The number of ether oxygens (including phenoxy) is 2. The van der Waals surface area contributed by atoms with E-state index in [9.17, 15) is 0 Å². The Labute approximate surface area is 123 Å². The summed E-state index contributed by atoms with van der Waals surface area (Å²) in [4.78, 5) is 0. The quantitative estimate of drug-likeness (QED) is 0.832. The number of rotatable bonds is 2. The van der Waals surface area contributed by atoms with Crippen LogP contribution in [0, 0.1) is 0 Å². The second-order valence-electron chi connectivity index (χ2n) is 5.54. The molecule has 104 valence electrons. The van der Waals surface area contributed by atoms with E-state index in [-0.39, 0.29) is 5.60 Å². The predicted octanol–water partition coefficient (Wildman–Crippen LogP) is 4.43. The van der Waals surface area contributed by atoms with Crippen LogP contribution in [0.2, 0.25) is 5.02 Å². The summed E-state index contributed by atoms with van der Waals surface area (Å²) in [5.41, 5.74) is 7.31. The molecule has 4 heteroatoms. The Balaban J connectivity index is 1.98.